The van der Waals surface area contributed by atoms with Crippen molar-refractivity contribution in [3.63, 3.8) is 0 Å². The van der Waals surface area contributed by atoms with Crippen molar-refractivity contribution in [3.05, 3.63) is 82.8 Å². The van der Waals surface area contributed by atoms with Crippen molar-refractivity contribution >= 4 is 22.3 Å². The molecule has 4 aromatic rings. The standard InChI is InChI=1S/C26H27N5O6S.C7H13NO5/c1-17-10-11-22(28-16-17)38(32,33)31(18(2)34-3)25-23(37-21-9-7-6-8-20(21)35-4)26(36-5)30-24(29-25)19-12-14-27-15-13-19;9-7-12-5-3-1-2-4-6-13-8(10)11/h6-16,18H,1-5H3;7H,1-6H2. The average Bonchev–Trinajstić information content (AvgIpc) is 3.14. The highest BCUT2D eigenvalue weighted by molar-refractivity contribution is 7.92. The zero-order chi connectivity index (χ0) is 37.2. The van der Waals surface area contributed by atoms with E-state index in [0.717, 1.165) is 29.1 Å². The summed E-state index contributed by atoms with van der Waals surface area (Å²) in [7, 11) is -0.0245. The Morgan fingerprint density at radius 3 is 2.20 bits per heavy atom. The molecule has 51 heavy (non-hydrogen) atoms. The number of aryl methyl sites for hydroxylation is 1. The Morgan fingerprint density at radius 1 is 0.922 bits per heavy atom. The number of benzene rings is 1. The first kappa shape index (κ1) is 39.8. The Balaban J connectivity index is 0.000000460. The van der Waals surface area contributed by atoms with Crippen LogP contribution in [-0.2, 0) is 29.1 Å². The minimum absolute atomic E-state index is 0.00640. The quantitative estimate of drug-likeness (QED) is 0.0402. The number of nitrogens with zero attached hydrogens (tertiary/aromatic N) is 6. The van der Waals surface area contributed by atoms with Crippen LogP contribution >= 0.6 is 0 Å². The van der Waals surface area contributed by atoms with Gasteiger partial charge in [-0.1, -0.05) is 24.6 Å². The topological polar surface area (TPSA) is 205 Å². The maximum absolute atomic E-state index is 14.0. The maximum Gasteiger partial charge on any atom is 0.294 e. The maximum atomic E-state index is 14.0. The number of sulfonamides is 1. The molecule has 0 radical (unpaired) electrons. The Labute approximate surface area is 295 Å². The van der Waals surface area contributed by atoms with Crippen molar-refractivity contribution in [3.8, 4) is 34.5 Å². The van der Waals surface area contributed by atoms with Crippen LogP contribution in [0.5, 0.6) is 23.1 Å². The summed E-state index contributed by atoms with van der Waals surface area (Å²) in [4.78, 5) is 40.8. The summed E-state index contributed by atoms with van der Waals surface area (Å²) < 4.78 is 56.2. The molecule has 0 N–H and O–H groups in total. The molecular formula is C33H40N6O11S. The molecule has 3 aromatic heterocycles. The first-order chi connectivity index (χ1) is 24.6. The lowest BCUT2D eigenvalue weighted by atomic mass is 10.2. The molecule has 4 rings (SSSR count). The molecule has 274 valence electrons. The smallest absolute Gasteiger partial charge is 0.294 e. The number of hydrogen-bond acceptors (Lipinski definition) is 15. The number of aromatic nitrogens is 4. The highest BCUT2D eigenvalue weighted by Gasteiger charge is 2.37. The van der Waals surface area contributed by atoms with Crippen LogP contribution in [0.1, 0.15) is 38.2 Å². The molecule has 0 fully saturated rings. The van der Waals surface area contributed by atoms with Gasteiger partial charge in [0.2, 0.25) is 5.75 Å². The molecule has 18 heteroatoms. The van der Waals surface area contributed by atoms with Gasteiger partial charge in [0.25, 0.3) is 27.5 Å². The molecule has 0 saturated carbocycles. The number of carbonyl (C=O) groups excluding carboxylic acids is 1. The Hall–Kier alpha value is -5.62. The van der Waals surface area contributed by atoms with Crippen LogP contribution in [0.15, 0.2) is 72.1 Å². The summed E-state index contributed by atoms with van der Waals surface area (Å²) in [5.74, 6) is 0.708. The second kappa shape index (κ2) is 20.1. The number of rotatable bonds is 19. The molecule has 0 aliphatic carbocycles. The van der Waals surface area contributed by atoms with E-state index in [1.807, 2.05) is 6.92 Å². The zero-order valence-corrected chi connectivity index (χ0v) is 29.6. The van der Waals surface area contributed by atoms with Gasteiger partial charge in [0.15, 0.2) is 28.2 Å². The predicted molar refractivity (Wildman–Crippen MR) is 183 cm³/mol. The fourth-order valence-corrected chi connectivity index (χ4v) is 5.81. The minimum Gasteiger partial charge on any atom is -0.493 e. The number of ether oxygens (including phenoxy) is 5. The molecule has 0 spiro atoms. The third-order valence-electron chi connectivity index (χ3n) is 6.94. The number of carbonyl (C=O) groups is 1. The van der Waals surface area contributed by atoms with Crippen LogP contribution < -0.4 is 18.5 Å². The van der Waals surface area contributed by atoms with E-state index in [2.05, 4.69) is 29.5 Å². The van der Waals surface area contributed by atoms with Gasteiger partial charge >= 0.3 is 0 Å². The molecule has 3 heterocycles. The van der Waals surface area contributed by atoms with Crippen LogP contribution in [-0.4, -0.2) is 80.7 Å². The van der Waals surface area contributed by atoms with Gasteiger partial charge in [0.1, 0.15) is 6.23 Å². The van der Waals surface area contributed by atoms with Crippen LogP contribution in [0.3, 0.4) is 0 Å². The van der Waals surface area contributed by atoms with Gasteiger partial charge < -0.3 is 28.5 Å². The van der Waals surface area contributed by atoms with Crippen molar-refractivity contribution < 1.29 is 46.8 Å². The van der Waals surface area contributed by atoms with Gasteiger partial charge in [-0.3, -0.25) is 9.78 Å². The molecular weight excluding hydrogens is 688 g/mol. The number of pyridine rings is 2. The Morgan fingerprint density at radius 2 is 1.61 bits per heavy atom. The van der Waals surface area contributed by atoms with E-state index in [1.54, 1.807) is 61.8 Å². The summed E-state index contributed by atoms with van der Waals surface area (Å²) in [6.07, 6.45) is 6.77. The summed E-state index contributed by atoms with van der Waals surface area (Å²) in [6.45, 7) is 4.35. The van der Waals surface area contributed by atoms with Gasteiger partial charge in [0, 0.05) is 31.3 Å². The lowest BCUT2D eigenvalue weighted by Crippen LogP contribution is -2.41. The van der Waals surface area contributed by atoms with Crippen molar-refractivity contribution in [1.29, 1.82) is 0 Å². The first-order valence-corrected chi connectivity index (χ1v) is 17.0. The summed E-state index contributed by atoms with van der Waals surface area (Å²) in [6, 6.07) is 13.4. The fraction of sp³-hybridized carbons (Fsp3) is 0.364. The molecule has 1 atom stereocenters. The third-order valence-corrected chi connectivity index (χ3v) is 8.70. The molecule has 1 unspecified atom stereocenters. The molecule has 0 aliphatic heterocycles. The van der Waals surface area contributed by atoms with Gasteiger partial charge in [-0.2, -0.15) is 13.4 Å². The largest absolute Gasteiger partial charge is 0.493 e. The fourth-order valence-electron chi connectivity index (χ4n) is 4.35. The van der Waals surface area contributed by atoms with E-state index in [-0.39, 0.29) is 34.9 Å². The van der Waals surface area contributed by atoms with Crippen LogP contribution in [0.2, 0.25) is 0 Å². The number of hydrogen-bond donors (Lipinski definition) is 0. The second-order valence-corrected chi connectivity index (χ2v) is 12.2. The van der Waals surface area contributed by atoms with Crippen LogP contribution in [0.25, 0.3) is 11.4 Å². The molecule has 0 saturated heterocycles. The minimum atomic E-state index is -4.31. The van der Waals surface area contributed by atoms with Crippen LogP contribution in [0, 0.1) is 17.0 Å². The SMILES string of the molecule is COc1ccccc1Oc1c(OC)nc(-c2ccncc2)nc1N(C(C)OC)S(=O)(=O)c1ccc(C)cn1.O=COCCCCCCO[N+](=O)[O-]. The second-order valence-electron chi connectivity index (χ2n) is 10.4. The number of para-hydroxylation sites is 2. The number of methoxy groups -OCH3 is 3. The van der Waals surface area contributed by atoms with Crippen molar-refractivity contribution in [1.82, 2.24) is 19.9 Å². The van der Waals surface area contributed by atoms with Crippen molar-refractivity contribution in [2.45, 2.75) is 50.8 Å². The van der Waals surface area contributed by atoms with Crippen molar-refractivity contribution in [2.75, 3.05) is 38.8 Å². The van der Waals surface area contributed by atoms with E-state index in [9.17, 15) is 23.3 Å². The monoisotopic (exact) mass is 728 g/mol. The summed E-state index contributed by atoms with van der Waals surface area (Å²) in [5.41, 5.74) is 1.39. The van der Waals surface area contributed by atoms with Gasteiger partial charge in [0.05, 0.1) is 27.4 Å². The summed E-state index contributed by atoms with van der Waals surface area (Å²) >= 11 is 0. The first-order valence-electron chi connectivity index (χ1n) is 15.6. The zero-order valence-electron chi connectivity index (χ0n) is 28.8. The van der Waals surface area contributed by atoms with E-state index in [0.29, 0.717) is 36.6 Å². The molecule has 1 aromatic carbocycles. The van der Waals surface area contributed by atoms with Crippen LogP contribution in [0.4, 0.5) is 5.82 Å². The normalized spacial score (nSPS) is 11.3. The molecule has 0 amide bonds. The third kappa shape index (κ3) is 11.5. The highest BCUT2D eigenvalue weighted by atomic mass is 32.2. The average molecular weight is 729 g/mol. The Kier molecular flexibility index (Phi) is 15.7. The Bertz CT molecular complexity index is 1800. The lowest BCUT2D eigenvalue weighted by Gasteiger charge is -2.29. The van der Waals surface area contributed by atoms with E-state index in [1.165, 1.54) is 33.6 Å². The number of unbranched alkanes of at least 4 members (excludes halogenated alkanes) is 3. The van der Waals surface area contributed by atoms with Gasteiger partial charge in [-0.25, -0.2) is 14.3 Å². The van der Waals surface area contributed by atoms with Crippen molar-refractivity contribution in [2.24, 2.45) is 0 Å². The highest BCUT2D eigenvalue weighted by Crippen LogP contribution is 2.44. The molecule has 0 bridgehead atoms. The molecule has 0 aliphatic rings. The lowest BCUT2D eigenvalue weighted by molar-refractivity contribution is -0.757. The molecule has 17 nitrogen and oxygen atoms in total. The van der Waals surface area contributed by atoms with E-state index in [4.69, 9.17) is 18.9 Å². The van der Waals surface area contributed by atoms with Gasteiger partial charge in [-0.15, -0.1) is 10.1 Å². The number of anilines is 1. The predicted octanol–water partition coefficient (Wildman–Crippen LogP) is 5.17. The van der Waals surface area contributed by atoms with E-state index < -0.39 is 21.3 Å². The van der Waals surface area contributed by atoms with E-state index >= 15 is 0 Å². The van der Waals surface area contributed by atoms with Gasteiger partial charge in [-0.05, 0) is 69.0 Å². The summed E-state index contributed by atoms with van der Waals surface area (Å²) in [5, 5.41) is 8.71.